The number of carbonyl (C=O) groups is 1. The molecule has 2 aromatic carbocycles. The van der Waals surface area contributed by atoms with Gasteiger partial charge in [0.1, 0.15) is 5.75 Å². The smallest absolute Gasteiger partial charge is 0.181 e. The molecule has 4 heteroatoms. The van der Waals surface area contributed by atoms with E-state index in [1.54, 1.807) is 19.2 Å². The van der Waals surface area contributed by atoms with Crippen LogP contribution in [0, 0.1) is 6.92 Å². The molecule has 0 radical (unpaired) electrons. The number of para-hydroxylation sites is 2. The zero-order chi connectivity index (χ0) is 19.2. The third kappa shape index (κ3) is 4.73. The summed E-state index contributed by atoms with van der Waals surface area (Å²) in [6, 6.07) is 20.7. The molecule has 1 heterocycles. The lowest BCUT2D eigenvalue weighted by atomic mass is 9.98. The van der Waals surface area contributed by atoms with Crippen LogP contribution in [0.5, 0.6) is 17.2 Å². The van der Waals surface area contributed by atoms with Crippen molar-refractivity contribution in [3.8, 4) is 17.2 Å². The van der Waals surface area contributed by atoms with E-state index < -0.39 is 6.10 Å². The average molecular weight is 361 g/mol. The van der Waals surface area contributed by atoms with E-state index in [4.69, 9.17) is 9.47 Å². The van der Waals surface area contributed by atoms with Crippen molar-refractivity contribution < 1.29 is 14.3 Å². The van der Waals surface area contributed by atoms with Crippen LogP contribution in [0.2, 0.25) is 0 Å². The molecule has 0 saturated heterocycles. The second-order valence-electron chi connectivity index (χ2n) is 6.50. The Bertz CT molecular complexity index is 891. The fourth-order valence-corrected chi connectivity index (χ4v) is 2.74. The van der Waals surface area contributed by atoms with Crippen molar-refractivity contribution in [3.63, 3.8) is 0 Å². The molecule has 0 aliphatic heterocycles. The van der Waals surface area contributed by atoms with Crippen molar-refractivity contribution >= 4 is 5.78 Å². The summed E-state index contributed by atoms with van der Waals surface area (Å²) in [6.45, 7) is 5.63. The van der Waals surface area contributed by atoms with E-state index in [2.05, 4.69) is 4.98 Å². The Balaban J connectivity index is 1.73. The van der Waals surface area contributed by atoms with Gasteiger partial charge in [-0.2, -0.15) is 0 Å². The predicted octanol–water partition coefficient (Wildman–Crippen LogP) is 5.32. The van der Waals surface area contributed by atoms with Crippen molar-refractivity contribution in [2.75, 3.05) is 0 Å². The van der Waals surface area contributed by atoms with Crippen LogP contribution < -0.4 is 9.47 Å². The molecule has 0 aliphatic rings. The van der Waals surface area contributed by atoms with Crippen LogP contribution in [0.15, 0.2) is 72.9 Å². The number of Topliss-reactive ketones (excluding diaryl/α,β-unsaturated/α-hetero) is 1. The predicted molar refractivity (Wildman–Crippen MR) is 105 cm³/mol. The Morgan fingerprint density at radius 3 is 2.22 bits per heavy atom. The molecule has 3 rings (SSSR count). The highest BCUT2D eigenvalue weighted by Gasteiger charge is 2.24. The number of pyridine rings is 1. The lowest BCUT2D eigenvalue weighted by Crippen LogP contribution is -2.28. The van der Waals surface area contributed by atoms with Gasteiger partial charge in [0.05, 0.1) is 11.6 Å². The summed E-state index contributed by atoms with van der Waals surface area (Å²) in [6.07, 6.45) is 1.07. The Labute approximate surface area is 159 Å². The molecule has 0 bridgehead atoms. The first kappa shape index (κ1) is 18.6. The number of aryl methyl sites for hydroxylation is 1. The quantitative estimate of drug-likeness (QED) is 0.571. The van der Waals surface area contributed by atoms with Gasteiger partial charge in [-0.15, -0.1) is 0 Å². The number of benzene rings is 2. The summed E-state index contributed by atoms with van der Waals surface area (Å²) in [5.74, 6) is 1.46. The molecule has 0 N–H and O–H groups in total. The van der Waals surface area contributed by atoms with E-state index in [0.717, 1.165) is 17.0 Å². The van der Waals surface area contributed by atoms with Crippen LogP contribution in [-0.2, 0) is 4.79 Å². The molecule has 0 saturated carbocycles. The highest BCUT2D eigenvalue weighted by atomic mass is 16.5. The van der Waals surface area contributed by atoms with Gasteiger partial charge < -0.3 is 9.47 Å². The third-order valence-corrected chi connectivity index (χ3v) is 4.36. The molecule has 138 valence electrons. The monoisotopic (exact) mass is 361 g/mol. The molecule has 0 spiro atoms. The number of ether oxygens (including phenoxy) is 2. The number of rotatable bonds is 7. The van der Waals surface area contributed by atoms with Gasteiger partial charge in [-0.25, -0.2) is 0 Å². The molecule has 1 aromatic heterocycles. The third-order valence-electron chi connectivity index (χ3n) is 4.36. The van der Waals surface area contributed by atoms with E-state index in [-0.39, 0.29) is 11.7 Å². The molecule has 2 atom stereocenters. The first-order valence-electron chi connectivity index (χ1n) is 8.99. The minimum Gasteiger partial charge on any atom is -0.479 e. The fraction of sp³-hybridized carbons (Fsp3) is 0.217. The lowest BCUT2D eigenvalue weighted by molar-refractivity contribution is -0.126. The highest BCUT2D eigenvalue weighted by Crippen LogP contribution is 2.32. The van der Waals surface area contributed by atoms with Gasteiger partial charge in [0.25, 0.3) is 0 Å². The van der Waals surface area contributed by atoms with Crippen LogP contribution in [0.1, 0.15) is 31.0 Å². The minimum atomic E-state index is -0.621. The fourth-order valence-electron chi connectivity index (χ4n) is 2.74. The first-order chi connectivity index (χ1) is 13.0. The number of aromatic nitrogens is 1. The molecule has 0 fully saturated rings. The van der Waals surface area contributed by atoms with Crippen LogP contribution in [0.3, 0.4) is 0 Å². The molecule has 27 heavy (non-hydrogen) atoms. The number of nitrogens with zero attached hydrogens (tertiary/aromatic N) is 1. The topological polar surface area (TPSA) is 48.4 Å². The van der Waals surface area contributed by atoms with Gasteiger partial charge in [-0.3, -0.25) is 9.78 Å². The minimum absolute atomic E-state index is 0.0289. The molecule has 0 aliphatic carbocycles. The molecule has 2 unspecified atom stereocenters. The van der Waals surface area contributed by atoms with E-state index in [0.29, 0.717) is 11.5 Å². The first-order valence-corrected chi connectivity index (χ1v) is 8.99. The van der Waals surface area contributed by atoms with Crippen LogP contribution in [0.25, 0.3) is 0 Å². The molecule has 3 aromatic rings. The molecule has 4 nitrogen and oxygen atoms in total. The number of hydrogen-bond acceptors (Lipinski definition) is 4. The lowest BCUT2D eigenvalue weighted by Gasteiger charge is -2.19. The molecular formula is C23H23NO3. The second kappa shape index (κ2) is 8.49. The summed E-state index contributed by atoms with van der Waals surface area (Å²) >= 11 is 0. The van der Waals surface area contributed by atoms with E-state index in [1.807, 2.05) is 74.5 Å². The summed E-state index contributed by atoms with van der Waals surface area (Å²) in [7, 11) is 0. The molecule has 0 amide bonds. The van der Waals surface area contributed by atoms with Gasteiger partial charge in [-0.05, 0) is 57.2 Å². The number of carbonyl (C=O) groups excluding carboxylic acids is 1. The normalized spacial score (nSPS) is 12.9. The second-order valence-corrected chi connectivity index (χ2v) is 6.50. The molecular weight excluding hydrogens is 338 g/mol. The Morgan fingerprint density at radius 1 is 0.889 bits per heavy atom. The van der Waals surface area contributed by atoms with Gasteiger partial charge in [0, 0.05) is 6.20 Å². The van der Waals surface area contributed by atoms with Crippen molar-refractivity contribution in [1.82, 2.24) is 4.98 Å². The van der Waals surface area contributed by atoms with Crippen LogP contribution in [0.4, 0.5) is 0 Å². The van der Waals surface area contributed by atoms with E-state index in [1.165, 1.54) is 0 Å². The zero-order valence-corrected chi connectivity index (χ0v) is 15.8. The SMILES string of the molecule is Cc1ccc(Oc2ccccc2OC(C)C(=O)C(C)c2ccccn2)cc1. The maximum atomic E-state index is 12.7. The summed E-state index contributed by atoms with van der Waals surface area (Å²) in [5.41, 5.74) is 1.90. The highest BCUT2D eigenvalue weighted by molar-refractivity contribution is 5.89. The summed E-state index contributed by atoms with van der Waals surface area (Å²) in [5, 5.41) is 0. The van der Waals surface area contributed by atoms with Gasteiger partial charge in [0.15, 0.2) is 23.4 Å². The largest absolute Gasteiger partial charge is 0.479 e. The van der Waals surface area contributed by atoms with Crippen LogP contribution in [-0.4, -0.2) is 16.9 Å². The van der Waals surface area contributed by atoms with Gasteiger partial charge in [0.2, 0.25) is 0 Å². The zero-order valence-electron chi connectivity index (χ0n) is 15.8. The average Bonchev–Trinajstić information content (AvgIpc) is 2.70. The maximum absolute atomic E-state index is 12.7. The Morgan fingerprint density at radius 2 is 1.56 bits per heavy atom. The maximum Gasteiger partial charge on any atom is 0.181 e. The summed E-state index contributed by atoms with van der Waals surface area (Å²) < 4.78 is 11.9. The summed E-state index contributed by atoms with van der Waals surface area (Å²) in [4.78, 5) is 17.0. The van der Waals surface area contributed by atoms with Crippen molar-refractivity contribution in [3.05, 3.63) is 84.2 Å². The number of ketones is 1. The van der Waals surface area contributed by atoms with E-state index in [9.17, 15) is 4.79 Å². The van der Waals surface area contributed by atoms with Crippen molar-refractivity contribution in [2.45, 2.75) is 32.8 Å². The van der Waals surface area contributed by atoms with E-state index >= 15 is 0 Å². The van der Waals surface area contributed by atoms with Crippen molar-refractivity contribution in [1.29, 1.82) is 0 Å². The number of hydrogen-bond donors (Lipinski definition) is 0. The van der Waals surface area contributed by atoms with Gasteiger partial charge in [-0.1, -0.05) is 35.9 Å². The van der Waals surface area contributed by atoms with Crippen LogP contribution >= 0.6 is 0 Å². The standard InChI is InChI=1S/C23H23NO3/c1-16-11-13-19(14-12-16)27-22-10-5-4-9-21(22)26-18(3)23(25)17(2)20-8-6-7-15-24-20/h4-15,17-18H,1-3H3. The Hall–Kier alpha value is -3.14. The Kier molecular flexibility index (Phi) is 5.87. The van der Waals surface area contributed by atoms with Crippen molar-refractivity contribution in [2.24, 2.45) is 0 Å². The van der Waals surface area contributed by atoms with Gasteiger partial charge >= 0.3 is 0 Å².